The summed E-state index contributed by atoms with van der Waals surface area (Å²) >= 11 is 0. The van der Waals surface area contributed by atoms with Crippen molar-refractivity contribution in [1.82, 2.24) is 0 Å². The third-order valence-corrected chi connectivity index (χ3v) is 8.97. The van der Waals surface area contributed by atoms with E-state index in [0.29, 0.717) is 11.8 Å². The fraction of sp³-hybridized carbons (Fsp3) is 0.243. The van der Waals surface area contributed by atoms with Crippen molar-refractivity contribution in [1.29, 1.82) is 0 Å². The number of rotatable bonds is 3. The molecule has 0 bridgehead atoms. The fourth-order valence-electron chi connectivity index (χ4n) is 7.54. The Morgan fingerprint density at radius 1 is 0.641 bits per heavy atom. The molecule has 1 nitrogen and oxygen atoms in total. The topological polar surface area (TPSA) is 9.23 Å². The van der Waals surface area contributed by atoms with E-state index in [9.17, 15) is 0 Å². The first-order valence-corrected chi connectivity index (χ1v) is 14.4. The van der Waals surface area contributed by atoms with Gasteiger partial charge in [0.25, 0.3) is 6.71 Å². The highest BCUT2D eigenvalue weighted by molar-refractivity contribution is 6.98. The fourth-order valence-corrected chi connectivity index (χ4v) is 7.54. The molecular formula is C37H35BO. The quantitative estimate of drug-likeness (QED) is 0.173. The van der Waals surface area contributed by atoms with E-state index in [1.807, 2.05) is 0 Å². The maximum atomic E-state index is 6.96. The Bertz CT molecular complexity index is 1900. The molecule has 6 aromatic carbocycles. The van der Waals surface area contributed by atoms with Crippen molar-refractivity contribution in [2.75, 3.05) is 0 Å². The predicted octanol–water partition coefficient (Wildman–Crippen LogP) is 8.38. The summed E-state index contributed by atoms with van der Waals surface area (Å²) in [6.45, 7) is 16.2. The molecule has 0 fully saturated rings. The lowest BCUT2D eigenvalue weighted by Gasteiger charge is -2.34. The Morgan fingerprint density at radius 2 is 1.31 bits per heavy atom. The molecule has 0 atom stereocenters. The third kappa shape index (κ3) is 3.40. The van der Waals surface area contributed by atoms with Gasteiger partial charge in [0.2, 0.25) is 0 Å². The monoisotopic (exact) mass is 506 g/mol. The van der Waals surface area contributed by atoms with E-state index < -0.39 is 0 Å². The van der Waals surface area contributed by atoms with Gasteiger partial charge in [0.05, 0.1) is 0 Å². The molecule has 1 heterocycles. The Labute approximate surface area is 232 Å². The number of ether oxygens (including phenoxy) is 1. The van der Waals surface area contributed by atoms with Crippen LogP contribution in [-0.4, -0.2) is 6.71 Å². The summed E-state index contributed by atoms with van der Waals surface area (Å²) in [5, 5.41) is 8.00. The van der Waals surface area contributed by atoms with Gasteiger partial charge >= 0.3 is 0 Å². The summed E-state index contributed by atoms with van der Waals surface area (Å²) in [6, 6.07) is 27.4. The van der Waals surface area contributed by atoms with Crippen LogP contribution in [0.2, 0.25) is 0 Å². The number of benzene rings is 6. The average Bonchev–Trinajstić information content (AvgIpc) is 2.90. The van der Waals surface area contributed by atoms with E-state index in [2.05, 4.69) is 121 Å². The minimum atomic E-state index is 0.121. The van der Waals surface area contributed by atoms with E-state index in [0.717, 1.165) is 11.5 Å². The summed E-state index contributed by atoms with van der Waals surface area (Å²) in [5.41, 5.74) is 10.9. The molecule has 0 amide bonds. The molecule has 0 N–H and O–H groups in total. The van der Waals surface area contributed by atoms with Gasteiger partial charge in [-0.1, -0.05) is 111 Å². The number of para-hydroxylation sites is 1. The lowest BCUT2D eigenvalue weighted by molar-refractivity contribution is 0.492. The standard InChI is InChI=1S/C37H35BO/c1-20(2)26-14-12-25-13-15-28-32(21(3)4)36-37(29-17-16-27(26)33(25)34(28)29)39-31-11-9-8-10-30(31)38(36)35-23(6)18-22(5)19-24(35)7/h8-21H,1-7H3. The summed E-state index contributed by atoms with van der Waals surface area (Å²) in [4.78, 5) is 0. The van der Waals surface area contributed by atoms with E-state index in [1.54, 1.807) is 0 Å². The van der Waals surface area contributed by atoms with Crippen molar-refractivity contribution in [2.24, 2.45) is 0 Å². The molecule has 0 radical (unpaired) electrons. The summed E-state index contributed by atoms with van der Waals surface area (Å²) in [7, 11) is 0. The molecule has 0 saturated carbocycles. The molecule has 2 heteroatoms. The highest BCUT2D eigenvalue weighted by Gasteiger charge is 2.38. The van der Waals surface area contributed by atoms with Gasteiger partial charge < -0.3 is 4.74 Å². The number of hydrogen-bond donors (Lipinski definition) is 0. The van der Waals surface area contributed by atoms with Crippen molar-refractivity contribution < 1.29 is 4.74 Å². The zero-order chi connectivity index (χ0) is 27.2. The van der Waals surface area contributed by atoms with Crippen LogP contribution >= 0.6 is 0 Å². The lowest BCUT2D eigenvalue weighted by Crippen LogP contribution is -2.57. The van der Waals surface area contributed by atoms with E-state index in [-0.39, 0.29) is 6.71 Å². The van der Waals surface area contributed by atoms with Crippen molar-refractivity contribution >= 4 is 55.4 Å². The molecule has 0 unspecified atom stereocenters. The zero-order valence-corrected chi connectivity index (χ0v) is 24.1. The van der Waals surface area contributed by atoms with E-state index in [1.165, 1.54) is 76.5 Å². The van der Waals surface area contributed by atoms with Gasteiger partial charge in [0.15, 0.2) is 0 Å². The van der Waals surface area contributed by atoms with Crippen LogP contribution in [0.3, 0.4) is 0 Å². The number of hydrogen-bond acceptors (Lipinski definition) is 1. The minimum Gasteiger partial charge on any atom is -0.458 e. The van der Waals surface area contributed by atoms with E-state index in [4.69, 9.17) is 4.74 Å². The van der Waals surface area contributed by atoms with Crippen LogP contribution in [0.5, 0.6) is 11.5 Å². The second-order valence-corrected chi connectivity index (χ2v) is 12.3. The van der Waals surface area contributed by atoms with Gasteiger partial charge in [-0.05, 0) is 88.3 Å². The Hall–Kier alpha value is -3.78. The van der Waals surface area contributed by atoms with E-state index >= 15 is 0 Å². The molecule has 0 spiro atoms. The molecule has 0 aliphatic carbocycles. The van der Waals surface area contributed by atoms with Crippen LogP contribution in [0.4, 0.5) is 0 Å². The SMILES string of the molecule is Cc1cc(C)c(B2c3ccccc3Oc3c2c(C(C)C)c2ccc4ccc(C(C)C)c5ccc3c2c45)c(C)c1. The summed E-state index contributed by atoms with van der Waals surface area (Å²) in [5.74, 6) is 2.82. The molecular weight excluding hydrogens is 471 g/mol. The molecule has 1 aliphatic heterocycles. The summed E-state index contributed by atoms with van der Waals surface area (Å²) < 4.78 is 6.96. The van der Waals surface area contributed by atoms with Crippen LogP contribution in [0.25, 0.3) is 32.3 Å². The van der Waals surface area contributed by atoms with Gasteiger partial charge in [-0.2, -0.15) is 0 Å². The van der Waals surface area contributed by atoms with Crippen LogP contribution in [0.15, 0.2) is 72.8 Å². The normalized spacial score (nSPS) is 13.1. The molecule has 6 aromatic rings. The molecule has 0 saturated heterocycles. The Kier molecular flexibility index (Phi) is 5.36. The predicted molar refractivity (Wildman–Crippen MR) is 170 cm³/mol. The second kappa shape index (κ2) is 8.61. The van der Waals surface area contributed by atoms with Gasteiger partial charge in [-0.15, -0.1) is 0 Å². The Morgan fingerprint density at radius 3 is 2.03 bits per heavy atom. The smallest absolute Gasteiger partial charge is 0.252 e. The minimum absolute atomic E-state index is 0.121. The number of fused-ring (bicyclic) bond motifs is 3. The molecule has 1 aliphatic rings. The second-order valence-electron chi connectivity index (χ2n) is 12.3. The highest BCUT2D eigenvalue weighted by Crippen LogP contribution is 2.45. The first-order valence-electron chi connectivity index (χ1n) is 14.4. The van der Waals surface area contributed by atoms with Gasteiger partial charge in [-0.3, -0.25) is 0 Å². The van der Waals surface area contributed by atoms with Crippen LogP contribution in [-0.2, 0) is 0 Å². The molecule has 192 valence electrons. The molecule has 7 rings (SSSR count). The maximum absolute atomic E-state index is 6.96. The van der Waals surface area contributed by atoms with Gasteiger partial charge in [-0.25, -0.2) is 0 Å². The van der Waals surface area contributed by atoms with Crippen molar-refractivity contribution in [3.05, 3.63) is 101 Å². The van der Waals surface area contributed by atoms with Gasteiger partial charge in [0, 0.05) is 10.8 Å². The van der Waals surface area contributed by atoms with Crippen LogP contribution < -0.4 is 21.1 Å². The average molecular weight is 506 g/mol. The molecule has 39 heavy (non-hydrogen) atoms. The Balaban J connectivity index is 1.69. The van der Waals surface area contributed by atoms with Crippen LogP contribution in [0.1, 0.15) is 67.3 Å². The molecule has 0 aromatic heterocycles. The van der Waals surface area contributed by atoms with Crippen molar-refractivity contribution in [3.8, 4) is 11.5 Å². The largest absolute Gasteiger partial charge is 0.458 e. The van der Waals surface area contributed by atoms with Crippen LogP contribution in [0, 0.1) is 20.8 Å². The van der Waals surface area contributed by atoms with Gasteiger partial charge in [0.1, 0.15) is 11.5 Å². The van der Waals surface area contributed by atoms with Crippen molar-refractivity contribution in [3.63, 3.8) is 0 Å². The van der Waals surface area contributed by atoms with Crippen molar-refractivity contribution in [2.45, 2.75) is 60.3 Å². The first-order chi connectivity index (χ1) is 18.8. The highest BCUT2D eigenvalue weighted by atomic mass is 16.5. The zero-order valence-electron chi connectivity index (χ0n) is 24.1. The lowest BCUT2D eigenvalue weighted by atomic mass is 9.33. The summed E-state index contributed by atoms with van der Waals surface area (Å²) in [6.07, 6.45) is 0. The first kappa shape index (κ1) is 24.3. The number of aryl methyl sites for hydroxylation is 3. The third-order valence-electron chi connectivity index (χ3n) is 8.97. The maximum Gasteiger partial charge on any atom is 0.252 e.